The smallest absolute Gasteiger partial charge is 0.107 e. The average molecular weight is 345 g/mol. The molecule has 2 saturated heterocycles. The first-order valence-corrected chi connectivity index (χ1v) is 9.52. The first-order chi connectivity index (χ1) is 11.9. The van der Waals surface area contributed by atoms with Crippen LogP contribution in [0.15, 0.2) is 36.0 Å². The van der Waals surface area contributed by atoms with Crippen molar-refractivity contribution in [2.45, 2.75) is 50.7 Å². The van der Waals surface area contributed by atoms with E-state index >= 15 is 0 Å². The Balaban J connectivity index is 1.23. The fraction of sp³-hybridized carbons (Fsp3) is 0.556. The predicted molar refractivity (Wildman–Crippen MR) is 92.7 cm³/mol. The van der Waals surface area contributed by atoms with Gasteiger partial charge in [0.2, 0.25) is 0 Å². The van der Waals surface area contributed by atoms with E-state index in [9.17, 15) is 0 Å². The van der Waals surface area contributed by atoms with Crippen LogP contribution in [0.2, 0.25) is 0 Å². The first-order valence-electron chi connectivity index (χ1n) is 8.64. The Morgan fingerprint density at radius 3 is 3.04 bits per heavy atom. The summed E-state index contributed by atoms with van der Waals surface area (Å²) in [4.78, 5) is 11.2. The minimum atomic E-state index is 0.217. The molecule has 0 saturated carbocycles. The fourth-order valence-electron chi connectivity index (χ4n) is 3.69. The molecule has 0 amide bonds. The molecule has 4 heterocycles. The van der Waals surface area contributed by atoms with Gasteiger partial charge in [0.05, 0.1) is 37.7 Å². The predicted octanol–water partition coefficient (Wildman–Crippen LogP) is 2.88. The molecule has 0 aliphatic carbocycles. The zero-order valence-electron chi connectivity index (χ0n) is 13.7. The van der Waals surface area contributed by atoms with Gasteiger partial charge in [-0.1, -0.05) is 6.07 Å². The number of aromatic nitrogens is 2. The van der Waals surface area contributed by atoms with E-state index in [1.165, 1.54) is 11.4 Å². The Morgan fingerprint density at radius 2 is 2.21 bits per heavy atom. The molecule has 24 heavy (non-hydrogen) atoms. The molecule has 0 radical (unpaired) electrons. The van der Waals surface area contributed by atoms with Crippen molar-refractivity contribution in [3.63, 3.8) is 0 Å². The van der Waals surface area contributed by atoms with Crippen molar-refractivity contribution in [1.82, 2.24) is 14.9 Å². The number of nitrogens with zero attached hydrogens (tertiary/aromatic N) is 3. The second-order valence-electron chi connectivity index (χ2n) is 6.46. The molecule has 2 fully saturated rings. The topological polar surface area (TPSA) is 47.5 Å². The summed E-state index contributed by atoms with van der Waals surface area (Å²) in [7, 11) is 0. The SMILES string of the molecule is c1ccc(COC[C@H]2CC[C@H]3[C@H](CCN3Cc3nccs3)O2)nc1. The third-order valence-corrected chi connectivity index (χ3v) is 5.62. The van der Waals surface area contributed by atoms with Gasteiger partial charge in [-0.15, -0.1) is 11.3 Å². The number of hydrogen-bond donors (Lipinski definition) is 0. The molecule has 0 N–H and O–H groups in total. The maximum atomic E-state index is 6.29. The van der Waals surface area contributed by atoms with E-state index in [0.29, 0.717) is 25.4 Å². The van der Waals surface area contributed by atoms with Crippen LogP contribution in [0, 0.1) is 0 Å². The highest BCUT2D eigenvalue weighted by Crippen LogP contribution is 2.32. The number of rotatable bonds is 6. The van der Waals surface area contributed by atoms with Crippen LogP contribution in [-0.4, -0.2) is 46.3 Å². The minimum Gasteiger partial charge on any atom is -0.372 e. The number of fused-ring (bicyclic) bond motifs is 1. The average Bonchev–Trinajstić information content (AvgIpc) is 3.26. The molecule has 3 atom stereocenters. The van der Waals surface area contributed by atoms with Crippen molar-refractivity contribution in [1.29, 1.82) is 0 Å². The van der Waals surface area contributed by atoms with Crippen molar-refractivity contribution >= 4 is 11.3 Å². The number of thiazole rings is 1. The van der Waals surface area contributed by atoms with Crippen molar-refractivity contribution in [3.05, 3.63) is 46.7 Å². The van der Waals surface area contributed by atoms with Crippen molar-refractivity contribution in [3.8, 4) is 0 Å². The van der Waals surface area contributed by atoms with Gasteiger partial charge in [0.1, 0.15) is 5.01 Å². The van der Waals surface area contributed by atoms with E-state index < -0.39 is 0 Å². The summed E-state index contributed by atoms with van der Waals surface area (Å²) in [5.41, 5.74) is 0.974. The second-order valence-corrected chi connectivity index (χ2v) is 7.44. The van der Waals surface area contributed by atoms with Gasteiger partial charge in [-0.3, -0.25) is 9.88 Å². The third-order valence-electron chi connectivity index (χ3n) is 4.85. The minimum absolute atomic E-state index is 0.217. The van der Waals surface area contributed by atoms with Gasteiger partial charge in [-0.25, -0.2) is 4.98 Å². The fourth-order valence-corrected chi connectivity index (χ4v) is 4.33. The van der Waals surface area contributed by atoms with Gasteiger partial charge >= 0.3 is 0 Å². The molecule has 2 aliphatic rings. The molecular formula is C18H23N3O2S. The lowest BCUT2D eigenvalue weighted by molar-refractivity contribution is -0.102. The van der Waals surface area contributed by atoms with Gasteiger partial charge in [0, 0.05) is 30.4 Å². The van der Waals surface area contributed by atoms with E-state index in [1.807, 2.05) is 24.4 Å². The van der Waals surface area contributed by atoms with Crippen LogP contribution >= 0.6 is 11.3 Å². The summed E-state index contributed by atoms with van der Waals surface area (Å²) in [6.07, 6.45) is 7.63. The van der Waals surface area contributed by atoms with Gasteiger partial charge in [0.15, 0.2) is 0 Å². The lowest BCUT2D eigenvalue weighted by Crippen LogP contribution is -2.43. The first kappa shape index (κ1) is 16.1. The Bertz CT molecular complexity index is 622. The van der Waals surface area contributed by atoms with Crippen LogP contribution in [-0.2, 0) is 22.6 Å². The molecule has 6 heteroatoms. The highest BCUT2D eigenvalue weighted by atomic mass is 32.1. The van der Waals surface area contributed by atoms with Crippen LogP contribution in [0.5, 0.6) is 0 Å². The Morgan fingerprint density at radius 1 is 1.21 bits per heavy atom. The summed E-state index contributed by atoms with van der Waals surface area (Å²) in [6, 6.07) is 6.44. The van der Waals surface area contributed by atoms with Crippen molar-refractivity contribution < 1.29 is 9.47 Å². The lowest BCUT2D eigenvalue weighted by atomic mass is 9.99. The molecule has 2 aliphatic heterocycles. The summed E-state index contributed by atoms with van der Waals surface area (Å²) in [5.74, 6) is 0. The summed E-state index contributed by atoms with van der Waals surface area (Å²) < 4.78 is 12.1. The van der Waals surface area contributed by atoms with Crippen molar-refractivity contribution in [2.75, 3.05) is 13.2 Å². The second kappa shape index (κ2) is 7.70. The molecule has 0 aromatic carbocycles. The lowest BCUT2D eigenvalue weighted by Gasteiger charge is -2.35. The molecule has 5 nitrogen and oxygen atoms in total. The normalized spacial score (nSPS) is 27.2. The third kappa shape index (κ3) is 3.83. The highest BCUT2D eigenvalue weighted by molar-refractivity contribution is 7.09. The van der Waals surface area contributed by atoms with Crippen molar-refractivity contribution in [2.24, 2.45) is 0 Å². The van der Waals surface area contributed by atoms with Crippen LogP contribution in [0.25, 0.3) is 0 Å². The number of ether oxygens (including phenoxy) is 2. The van der Waals surface area contributed by atoms with Crippen LogP contribution in [0.4, 0.5) is 0 Å². The van der Waals surface area contributed by atoms with E-state index in [-0.39, 0.29) is 6.10 Å². The van der Waals surface area contributed by atoms with E-state index in [2.05, 4.69) is 20.2 Å². The molecule has 0 bridgehead atoms. The standard InChI is InChI=1S/C18H23N3O2S/c1-2-7-19-14(3-1)12-22-13-15-4-5-16-17(23-15)6-9-21(16)11-18-20-8-10-24-18/h1-3,7-8,10,15-17H,4-6,9,11-13H2/t15-,16+,17+/m1/s1. The number of hydrogen-bond acceptors (Lipinski definition) is 6. The van der Waals surface area contributed by atoms with Gasteiger partial charge in [-0.2, -0.15) is 0 Å². The van der Waals surface area contributed by atoms with Crippen LogP contribution < -0.4 is 0 Å². The van der Waals surface area contributed by atoms with Gasteiger partial charge in [-0.05, 0) is 31.4 Å². The molecule has 4 rings (SSSR count). The largest absolute Gasteiger partial charge is 0.372 e. The van der Waals surface area contributed by atoms with E-state index in [4.69, 9.17) is 9.47 Å². The van der Waals surface area contributed by atoms with E-state index in [0.717, 1.165) is 31.6 Å². The monoisotopic (exact) mass is 345 g/mol. The molecule has 0 spiro atoms. The number of pyridine rings is 1. The zero-order valence-corrected chi connectivity index (χ0v) is 14.5. The molecular weight excluding hydrogens is 322 g/mol. The quantitative estimate of drug-likeness (QED) is 0.806. The molecule has 0 unspecified atom stereocenters. The van der Waals surface area contributed by atoms with Crippen LogP contribution in [0.1, 0.15) is 30.0 Å². The Hall–Kier alpha value is -1.34. The molecule has 2 aromatic heterocycles. The van der Waals surface area contributed by atoms with Gasteiger partial charge in [0.25, 0.3) is 0 Å². The molecule has 2 aromatic rings. The Labute approximate surface area is 146 Å². The Kier molecular flexibility index (Phi) is 5.18. The highest BCUT2D eigenvalue weighted by Gasteiger charge is 2.39. The maximum Gasteiger partial charge on any atom is 0.107 e. The molecule has 128 valence electrons. The van der Waals surface area contributed by atoms with Crippen LogP contribution in [0.3, 0.4) is 0 Å². The maximum absolute atomic E-state index is 6.29. The van der Waals surface area contributed by atoms with E-state index in [1.54, 1.807) is 17.5 Å². The zero-order chi connectivity index (χ0) is 16.2. The number of likely N-dealkylation sites (tertiary alicyclic amines) is 1. The summed E-state index contributed by atoms with van der Waals surface area (Å²) in [5, 5.41) is 3.26. The van der Waals surface area contributed by atoms with Gasteiger partial charge < -0.3 is 9.47 Å². The summed E-state index contributed by atoms with van der Waals surface area (Å²) in [6.45, 7) is 3.29. The summed E-state index contributed by atoms with van der Waals surface area (Å²) >= 11 is 1.74.